The SMILES string of the molecule is O=S(=O)(Oc1ccccc1)C(F)(F)F.[Li+].[Li+].[Li+].[Li+].[Li+].[Li+].[Li+].[Li+].[Li+].[Li+].[Li+].[Li+].[O-]B([O-])[O-].[O-]B([O-])[O-].[O-]B([O-])[O-].[O-]B([O-])[O-]. The molecule has 0 saturated carbocycles. The topological polar surface area (TPSA) is 320 Å². The molecule has 0 radical (unpaired) electrons. The summed E-state index contributed by atoms with van der Waals surface area (Å²) in [5.41, 5.74) is -5.40. The Labute approximate surface area is 387 Å². The molecule has 0 aliphatic heterocycles. The third kappa shape index (κ3) is 119. The minimum atomic E-state index is -5.55. The molecule has 0 heterocycles. The van der Waals surface area contributed by atoms with Gasteiger partial charge < -0.3 is 64.5 Å². The van der Waals surface area contributed by atoms with Crippen molar-refractivity contribution in [3.63, 3.8) is 0 Å². The summed E-state index contributed by atoms with van der Waals surface area (Å²) in [6.07, 6.45) is 0. The van der Waals surface area contributed by atoms with Gasteiger partial charge >= 0.3 is 242 Å². The van der Waals surface area contributed by atoms with Gasteiger partial charge in [-0.25, -0.2) is 0 Å². The van der Waals surface area contributed by atoms with Crippen LogP contribution in [-0.2, 0) is 10.1 Å². The average Bonchev–Trinajstić information content (AvgIpc) is 2.44. The second-order valence-electron chi connectivity index (χ2n) is 3.45. The number of alkyl halides is 3. The summed E-state index contributed by atoms with van der Waals surface area (Å²) < 4.78 is 60.2. The van der Waals surface area contributed by atoms with Crippen LogP contribution in [0.3, 0.4) is 0 Å². The molecule has 1 rings (SSSR count). The van der Waals surface area contributed by atoms with E-state index in [-0.39, 0.29) is 232 Å². The van der Waals surface area contributed by atoms with E-state index in [0.717, 1.165) is 12.1 Å². The van der Waals surface area contributed by atoms with Gasteiger partial charge in [0.25, 0.3) is 0 Å². The van der Waals surface area contributed by atoms with E-state index < -0.39 is 44.9 Å². The monoisotopic (exact) mass is 546 g/mol. The summed E-state index contributed by atoms with van der Waals surface area (Å²) in [7, 11) is -17.2. The van der Waals surface area contributed by atoms with E-state index in [1.165, 1.54) is 18.2 Å². The predicted octanol–water partition coefficient (Wildman–Crippen LogP) is -49.8. The maximum atomic E-state index is 11.8. The van der Waals surface area contributed by atoms with Crippen LogP contribution >= 0.6 is 0 Å². The van der Waals surface area contributed by atoms with Gasteiger partial charge in [0, 0.05) is 0 Å². The summed E-state index contributed by atoms with van der Waals surface area (Å²) in [5.74, 6) is -0.371. The van der Waals surface area contributed by atoms with E-state index >= 15 is 0 Å². The summed E-state index contributed by atoms with van der Waals surface area (Å²) in [4.78, 5) is 0. The molecule has 0 unspecified atom stereocenters. The smallest absolute Gasteiger partial charge is 0.907 e. The molecular weight excluding hydrogens is 540 g/mol. The van der Waals surface area contributed by atoms with Crippen molar-refractivity contribution in [2.45, 2.75) is 5.51 Å². The van der Waals surface area contributed by atoms with Crippen molar-refractivity contribution in [3.05, 3.63) is 30.3 Å². The van der Waals surface area contributed by atoms with Crippen molar-refractivity contribution in [3.8, 4) is 5.75 Å². The molecule has 0 N–H and O–H groups in total. The number of hydrogen-bond acceptors (Lipinski definition) is 15. The van der Waals surface area contributed by atoms with Crippen LogP contribution in [-0.4, -0.2) is 43.2 Å². The van der Waals surface area contributed by atoms with Gasteiger partial charge in [-0.2, -0.15) is 21.6 Å². The van der Waals surface area contributed by atoms with Gasteiger partial charge in [0.2, 0.25) is 0 Å². The molecule has 0 aliphatic rings. The van der Waals surface area contributed by atoms with Crippen LogP contribution in [0.2, 0.25) is 0 Å². The Balaban J connectivity index is -0.0000000152. The molecule has 42 heavy (non-hydrogen) atoms. The first-order valence-corrected chi connectivity index (χ1v) is 7.62. The first-order chi connectivity index (χ1) is 13.3. The molecule has 35 heteroatoms. The number of hydrogen-bond donors (Lipinski definition) is 0. The zero-order valence-electron chi connectivity index (χ0n) is 25.9. The van der Waals surface area contributed by atoms with Crippen LogP contribution in [0.5, 0.6) is 5.75 Å². The van der Waals surface area contributed by atoms with Crippen molar-refractivity contribution in [2.75, 3.05) is 0 Å². The van der Waals surface area contributed by atoms with E-state index in [0.29, 0.717) is 0 Å². The van der Waals surface area contributed by atoms with Crippen molar-refractivity contribution in [2.24, 2.45) is 0 Å². The summed E-state index contributed by atoms with van der Waals surface area (Å²) in [6.45, 7) is 0. The Kier molecular flexibility index (Phi) is 161. The van der Waals surface area contributed by atoms with Crippen LogP contribution in [0, 0.1) is 0 Å². The van der Waals surface area contributed by atoms with Gasteiger partial charge in [0.05, 0.1) is 0 Å². The normalized spacial score (nSPS) is 6.74. The Hall–Kier alpha value is 5.71. The van der Waals surface area contributed by atoms with E-state index in [2.05, 4.69) is 4.18 Å². The molecule has 1 aromatic carbocycles. The van der Waals surface area contributed by atoms with Gasteiger partial charge in [-0.1, -0.05) is 18.2 Å². The number of para-hydroxylation sites is 1. The fraction of sp³-hybridized carbons (Fsp3) is 0.143. The Bertz CT molecular complexity index is 589. The predicted molar refractivity (Wildman–Crippen MR) is 65.1 cm³/mol. The minimum Gasteiger partial charge on any atom is -0.907 e. The zero-order valence-corrected chi connectivity index (χ0v) is 26.7. The second-order valence-corrected chi connectivity index (χ2v) is 4.99. The minimum absolute atomic E-state index is 0. The molecule has 0 atom stereocenters. The van der Waals surface area contributed by atoms with E-state index in [9.17, 15) is 21.6 Å². The molecule has 15 nitrogen and oxygen atoms in total. The fourth-order valence-corrected chi connectivity index (χ4v) is 1.11. The Morgan fingerprint density at radius 1 is 0.476 bits per heavy atom. The molecule has 0 amide bonds. The van der Waals surface area contributed by atoms with E-state index in [1.54, 1.807) is 0 Å². The van der Waals surface area contributed by atoms with Crippen molar-refractivity contribution in [1.82, 2.24) is 0 Å². The molecule has 0 aliphatic carbocycles. The van der Waals surface area contributed by atoms with E-state index in [4.69, 9.17) is 60.3 Å². The largest absolute Gasteiger partial charge is 1.00 e. The molecule has 0 aromatic heterocycles. The van der Waals surface area contributed by atoms with Gasteiger partial charge in [-0.15, -0.1) is 0 Å². The molecule has 0 bridgehead atoms. The van der Waals surface area contributed by atoms with Gasteiger partial charge in [0.1, 0.15) is 5.75 Å². The van der Waals surface area contributed by atoms with Gasteiger partial charge in [0.15, 0.2) is 0 Å². The number of rotatable bonds is 2. The molecule has 0 spiro atoms. The number of benzene rings is 1. The first kappa shape index (κ1) is 104. The summed E-state index contributed by atoms with van der Waals surface area (Å²) >= 11 is 0. The van der Waals surface area contributed by atoms with Crippen molar-refractivity contribution >= 4 is 39.4 Å². The number of halogens is 3. The Morgan fingerprint density at radius 2 is 0.643 bits per heavy atom. The van der Waals surface area contributed by atoms with Crippen molar-refractivity contribution in [1.29, 1.82) is 0 Å². The second kappa shape index (κ2) is 65.1. The van der Waals surface area contributed by atoms with Crippen LogP contribution in [0.15, 0.2) is 30.3 Å². The third-order valence-corrected chi connectivity index (χ3v) is 2.21. The van der Waals surface area contributed by atoms with Crippen LogP contribution in [0.4, 0.5) is 13.2 Å². The van der Waals surface area contributed by atoms with Gasteiger partial charge in [-0.3, -0.25) is 29.3 Å². The molecule has 0 fully saturated rings. The molecule has 174 valence electrons. The first-order valence-electron chi connectivity index (χ1n) is 6.21. The van der Waals surface area contributed by atoms with E-state index in [1.807, 2.05) is 0 Å². The average molecular weight is 545 g/mol. The maximum Gasteiger partial charge on any atom is 1.00 e. The van der Waals surface area contributed by atoms with Crippen molar-refractivity contribution < 1.29 is 312 Å². The molecular formula is C7H5B4F3Li12O15S. The molecule has 0 saturated heterocycles. The molecule has 1 aromatic rings. The Morgan fingerprint density at radius 3 is 0.786 bits per heavy atom. The van der Waals surface area contributed by atoms with Gasteiger partial charge in [-0.05, 0) is 12.1 Å². The summed E-state index contributed by atoms with van der Waals surface area (Å²) in [6, 6.07) is 6.47. The fourth-order valence-electron chi connectivity index (χ4n) is 0.650. The van der Waals surface area contributed by atoms with Crippen LogP contribution in [0.25, 0.3) is 0 Å². The summed E-state index contributed by atoms with van der Waals surface area (Å²) in [5, 5.41) is 101. The van der Waals surface area contributed by atoms with Crippen LogP contribution in [0.1, 0.15) is 0 Å². The maximum absolute atomic E-state index is 11.8. The van der Waals surface area contributed by atoms with Crippen LogP contribution < -0.4 is 291 Å². The third-order valence-electron chi connectivity index (χ3n) is 1.23. The quantitative estimate of drug-likeness (QED) is 0.189. The standard InChI is InChI=1S/C7H5F3O3S.4BO3.12Li/c8-7(9,10)14(11,12)13-6-4-2-1-3-5-6;4*2-1(3)4;;;;;;;;;;;;/h1-5H;;;;;;;;;;;;;;;;/q;4*-3;12*+1. The zero-order chi connectivity index (χ0) is 25.1.